The Morgan fingerprint density at radius 1 is 1.18 bits per heavy atom. The fourth-order valence-corrected chi connectivity index (χ4v) is 2.97. The molecule has 28 heavy (non-hydrogen) atoms. The summed E-state index contributed by atoms with van der Waals surface area (Å²) in [4.78, 5) is 38.4. The topological polar surface area (TPSA) is 104 Å². The molecule has 0 saturated carbocycles. The maximum absolute atomic E-state index is 12.4. The van der Waals surface area contributed by atoms with E-state index in [9.17, 15) is 14.4 Å². The van der Waals surface area contributed by atoms with Crippen LogP contribution in [0, 0.1) is 5.92 Å². The van der Waals surface area contributed by atoms with Gasteiger partial charge in [0.05, 0.1) is 11.3 Å². The van der Waals surface area contributed by atoms with Gasteiger partial charge in [0.15, 0.2) is 6.73 Å². The van der Waals surface area contributed by atoms with Crippen molar-refractivity contribution >= 4 is 23.0 Å². The molecular weight excluding hydrogens is 364 g/mol. The average Bonchev–Trinajstić information content (AvgIpc) is 2.66. The van der Waals surface area contributed by atoms with E-state index in [0.717, 1.165) is 4.68 Å². The Kier molecular flexibility index (Phi) is 5.62. The number of nitrogens with zero attached hydrogens (tertiary/aromatic N) is 4. The molecule has 0 radical (unpaired) electrons. The van der Waals surface area contributed by atoms with Gasteiger partial charge in [0.1, 0.15) is 11.1 Å². The molecule has 1 aromatic carbocycles. The van der Waals surface area contributed by atoms with Crippen molar-refractivity contribution in [1.82, 2.24) is 19.9 Å². The van der Waals surface area contributed by atoms with E-state index in [1.54, 1.807) is 29.2 Å². The molecule has 3 rings (SSSR count). The van der Waals surface area contributed by atoms with Gasteiger partial charge in [0.25, 0.3) is 5.56 Å². The van der Waals surface area contributed by atoms with E-state index < -0.39 is 11.6 Å². The Morgan fingerprint density at radius 2 is 1.86 bits per heavy atom. The number of amides is 1. The van der Waals surface area contributed by atoms with Gasteiger partial charge in [-0.3, -0.25) is 9.59 Å². The standard InChI is InChI=1S/C19H24N4O5/c1-19(2,3)28-18(26)22-10-8-13(9-11-22)17(25)27-12-23-16(24)14-6-4-5-7-15(14)20-21-23/h4-7,13H,8-12H2,1-3H3. The van der Waals surface area contributed by atoms with Crippen LogP contribution >= 0.6 is 0 Å². The summed E-state index contributed by atoms with van der Waals surface area (Å²) < 4.78 is 11.6. The molecule has 1 fully saturated rings. The molecule has 1 amide bonds. The number of aromatic nitrogens is 3. The second-order valence-corrected chi connectivity index (χ2v) is 7.75. The van der Waals surface area contributed by atoms with Crippen molar-refractivity contribution in [3.05, 3.63) is 34.6 Å². The fourth-order valence-electron chi connectivity index (χ4n) is 2.97. The fraction of sp³-hybridized carbons (Fsp3) is 0.526. The Hall–Kier alpha value is -2.97. The van der Waals surface area contributed by atoms with Gasteiger partial charge in [-0.1, -0.05) is 17.3 Å². The van der Waals surface area contributed by atoms with Crippen LogP contribution in [0.3, 0.4) is 0 Å². The van der Waals surface area contributed by atoms with Crippen LogP contribution in [0.25, 0.3) is 10.9 Å². The molecule has 9 nitrogen and oxygen atoms in total. The number of benzene rings is 1. The zero-order valence-corrected chi connectivity index (χ0v) is 16.3. The second kappa shape index (κ2) is 7.95. The average molecular weight is 388 g/mol. The summed E-state index contributed by atoms with van der Waals surface area (Å²) in [6.45, 7) is 5.99. The molecule has 1 aliphatic heterocycles. The highest BCUT2D eigenvalue weighted by Gasteiger charge is 2.30. The molecule has 9 heteroatoms. The van der Waals surface area contributed by atoms with E-state index in [0.29, 0.717) is 36.8 Å². The molecule has 1 aromatic heterocycles. The first kappa shape index (κ1) is 19.8. The van der Waals surface area contributed by atoms with E-state index in [2.05, 4.69) is 10.3 Å². The molecule has 0 bridgehead atoms. The van der Waals surface area contributed by atoms with Crippen molar-refractivity contribution < 1.29 is 19.1 Å². The van der Waals surface area contributed by atoms with E-state index in [4.69, 9.17) is 9.47 Å². The molecule has 1 saturated heterocycles. The first-order valence-electron chi connectivity index (χ1n) is 9.22. The molecule has 0 unspecified atom stereocenters. The third kappa shape index (κ3) is 4.65. The zero-order valence-electron chi connectivity index (χ0n) is 16.3. The largest absolute Gasteiger partial charge is 0.444 e. The second-order valence-electron chi connectivity index (χ2n) is 7.75. The van der Waals surface area contributed by atoms with Crippen LogP contribution in [0.5, 0.6) is 0 Å². The van der Waals surface area contributed by atoms with E-state index >= 15 is 0 Å². The molecule has 0 atom stereocenters. The lowest BCUT2D eigenvalue weighted by molar-refractivity contribution is -0.154. The number of hydrogen-bond donors (Lipinski definition) is 0. The summed E-state index contributed by atoms with van der Waals surface area (Å²) in [5.41, 5.74) is -0.427. The number of carbonyl (C=O) groups excluding carboxylic acids is 2. The number of piperidine rings is 1. The molecule has 0 aliphatic carbocycles. The van der Waals surface area contributed by atoms with Crippen molar-refractivity contribution in [2.75, 3.05) is 13.1 Å². The Bertz CT molecular complexity index is 926. The quantitative estimate of drug-likeness (QED) is 0.740. The minimum Gasteiger partial charge on any atom is -0.444 e. The highest BCUT2D eigenvalue weighted by atomic mass is 16.6. The molecule has 2 aromatic rings. The van der Waals surface area contributed by atoms with Crippen molar-refractivity contribution in [2.24, 2.45) is 5.92 Å². The predicted molar refractivity (Wildman–Crippen MR) is 100 cm³/mol. The summed E-state index contributed by atoms with van der Waals surface area (Å²) in [5.74, 6) is -0.742. The number of likely N-dealkylation sites (tertiary alicyclic amines) is 1. The predicted octanol–water partition coefficient (Wildman–Crippen LogP) is 1.94. The molecule has 1 aliphatic rings. The van der Waals surface area contributed by atoms with Crippen LogP contribution in [-0.2, 0) is 21.0 Å². The number of esters is 1. The van der Waals surface area contributed by atoms with Crippen molar-refractivity contribution in [2.45, 2.75) is 45.9 Å². The van der Waals surface area contributed by atoms with Crippen LogP contribution in [0.15, 0.2) is 29.1 Å². The van der Waals surface area contributed by atoms with Crippen LogP contribution in [0.1, 0.15) is 33.6 Å². The van der Waals surface area contributed by atoms with Gasteiger partial charge in [0.2, 0.25) is 0 Å². The number of fused-ring (bicyclic) bond motifs is 1. The minimum absolute atomic E-state index is 0.290. The van der Waals surface area contributed by atoms with Gasteiger partial charge in [-0.05, 0) is 45.7 Å². The van der Waals surface area contributed by atoms with Gasteiger partial charge in [-0.2, -0.15) is 4.68 Å². The molecule has 0 N–H and O–H groups in total. The zero-order chi connectivity index (χ0) is 20.3. The lowest BCUT2D eigenvalue weighted by atomic mass is 9.97. The van der Waals surface area contributed by atoms with Crippen molar-refractivity contribution in [3.8, 4) is 0 Å². The van der Waals surface area contributed by atoms with E-state index in [-0.39, 0.29) is 24.3 Å². The highest BCUT2D eigenvalue weighted by Crippen LogP contribution is 2.21. The SMILES string of the molecule is CC(C)(C)OC(=O)N1CCC(C(=O)OCn2nnc3ccccc3c2=O)CC1. The number of carbonyl (C=O) groups is 2. The van der Waals surface area contributed by atoms with Gasteiger partial charge in [-0.25, -0.2) is 4.79 Å². The minimum atomic E-state index is -0.555. The lowest BCUT2D eigenvalue weighted by Crippen LogP contribution is -2.43. The summed E-state index contributed by atoms with van der Waals surface area (Å²) in [5, 5.41) is 8.17. The number of rotatable bonds is 3. The van der Waals surface area contributed by atoms with Gasteiger partial charge < -0.3 is 14.4 Å². The Balaban J connectivity index is 1.53. The van der Waals surface area contributed by atoms with E-state index in [1.165, 1.54) is 0 Å². The summed E-state index contributed by atoms with van der Waals surface area (Å²) in [6, 6.07) is 6.85. The first-order chi connectivity index (χ1) is 13.2. The molecule has 0 spiro atoms. The van der Waals surface area contributed by atoms with Crippen LogP contribution in [0.2, 0.25) is 0 Å². The van der Waals surface area contributed by atoms with Crippen molar-refractivity contribution in [3.63, 3.8) is 0 Å². The summed E-state index contributed by atoms with van der Waals surface area (Å²) in [6.07, 6.45) is 0.588. The van der Waals surface area contributed by atoms with Crippen LogP contribution < -0.4 is 5.56 Å². The summed E-state index contributed by atoms with van der Waals surface area (Å²) >= 11 is 0. The molecular formula is C19H24N4O5. The van der Waals surface area contributed by atoms with Gasteiger partial charge in [0, 0.05) is 13.1 Å². The third-order valence-electron chi connectivity index (χ3n) is 4.44. The van der Waals surface area contributed by atoms with Crippen LogP contribution in [-0.4, -0.2) is 50.6 Å². The maximum Gasteiger partial charge on any atom is 0.410 e. The maximum atomic E-state index is 12.4. The smallest absolute Gasteiger partial charge is 0.410 e. The van der Waals surface area contributed by atoms with Gasteiger partial charge in [-0.15, -0.1) is 5.10 Å². The third-order valence-corrected chi connectivity index (χ3v) is 4.44. The van der Waals surface area contributed by atoms with E-state index in [1.807, 2.05) is 20.8 Å². The van der Waals surface area contributed by atoms with Crippen molar-refractivity contribution in [1.29, 1.82) is 0 Å². The molecule has 150 valence electrons. The highest BCUT2D eigenvalue weighted by molar-refractivity contribution is 5.76. The normalized spacial score (nSPS) is 15.5. The monoisotopic (exact) mass is 388 g/mol. The molecule has 2 heterocycles. The van der Waals surface area contributed by atoms with Crippen LogP contribution in [0.4, 0.5) is 4.79 Å². The Labute approximate surface area is 162 Å². The number of ether oxygens (including phenoxy) is 2. The summed E-state index contributed by atoms with van der Waals surface area (Å²) in [7, 11) is 0. The Morgan fingerprint density at radius 3 is 2.54 bits per heavy atom. The number of hydrogen-bond acceptors (Lipinski definition) is 7. The lowest BCUT2D eigenvalue weighted by Gasteiger charge is -2.32. The first-order valence-corrected chi connectivity index (χ1v) is 9.22. The van der Waals surface area contributed by atoms with Gasteiger partial charge >= 0.3 is 12.1 Å².